The summed E-state index contributed by atoms with van der Waals surface area (Å²) in [6.07, 6.45) is 0.895. The Balaban J connectivity index is 0.00000484. The highest BCUT2D eigenvalue weighted by Gasteiger charge is 2.11. The normalized spacial score (nSPS) is 10.6. The number of rotatable bonds is 9. The van der Waals surface area contributed by atoms with Gasteiger partial charge >= 0.3 is 0 Å². The van der Waals surface area contributed by atoms with Crippen LogP contribution in [0.4, 0.5) is 11.4 Å². The lowest BCUT2D eigenvalue weighted by molar-refractivity contribution is -0.384. The average Bonchev–Trinajstić information content (AvgIpc) is 2.53. The summed E-state index contributed by atoms with van der Waals surface area (Å²) >= 11 is 0. The summed E-state index contributed by atoms with van der Waals surface area (Å²) in [5, 5.41) is 20.2. The van der Waals surface area contributed by atoms with Gasteiger partial charge in [-0.25, -0.2) is 0 Å². The Kier molecular flexibility index (Phi) is 12.0. The zero-order chi connectivity index (χ0) is 16.2. The van der Waals surface area contributed by atoms with E-state index in [1.54, 1.807) is 32.4 Å². The van der Waals surface area contributed by atoms with E-state index in [-0.39, 0.29) is 29.7 Å². The van der Waals surface area contributed by atoms with E-state index in [1.807, 2.05) is 0 Å². The molecule has 3 N–H and O–H groups in total. The van der Waals surface area contributed by atoms with Crippen molar-refractivity contribution in [1.82, 2.24) is 10.6 Å². The van der Waals surface area contributed by atoms with Gasteiger partial charge in [0.2, 0.25) is 0 Å². The molecule has 130 valence electrons. The van der Waals surface area contributed by atoms with Crippen molar-refractivity contribution >= 4 is 41.3 Å². The van der Waals surface area contributed by atoms with Crippen LogP contribution >= 0.6 is 24.0 Å². The molecule has 0 unspecified atom stereocenters. The van der Waals surface area contributed by atoms with Crippen LogP contribution in [0.3, 0.4) is 0 Å². The molecule has 0 aliphatic rings. The number of ether oxygens (including phenoxy) is 1. The predicted octanol–water partition coefficient (Wildman–Crippen LogP) is 1.83. The van der Waals surface area contributed by atoms with Crippen molar-refractivity contribution < 1.29 is 9.66 Å². The lowest BCUT2D eigenvalue weighted by Gasteiger charge is -2.12. The summed E-state index contributed by atoms with van der Waals surface area (Å²) in [7, 11) is 3.36. The van der Waals surface area contributed by atoms with Crippen molar-refractivity contribution in [2.75, 3.05) is 45.7 Å². The van der Waals surface area contributed by atoms with Crippen LogP contribution in [0.2, 0.25) is 0 Å². The van der Waals surface area contributed by atoms with Crippen LogP contribution in [-0.4, -0.2) is 51.3 Å². The first-order valence-electron chi connectivity index (χ1n) is 7.09. The number of nitro groups is 1. The molecule has 0 radical (unpaired) electrons. The highest BCUT2D eigenvalue weighted by Crippen LogP contribution is 2.22. The maximum absolute atomic E-state index is 10.9. The number of benzene rings is 1. The molecule has 0 atom stereocenters. The second kappa shape index (κ2) is 12.9. The topological polar surface area (TPSA) is 101 Å². The number of hydrogen-bond acceptors (Lipinski definition) is 5. The number of nitro benzene ring substituents is 1. The summed E-state index contributed by atoms with van der Waals surface area (Å²) in [6, 6.07) is 6.58. The number of nitrogens with one attached hydrogen (secondary N) is 3. The fraction of sp³-hybridized carbons (Fsp3) is 0.500. The Bertz CT molecular complexity index is 499. The van der Waals surface area contributed by atoms with Crippen LogP contribution in [0.1, 0.15) is 6.42 Å². The van der Waals surface area contributed by atoms with Crippen LogP contribution < -0.4 is 16.0 Å². The maximum Gasteiger partial charge on any atom is 0.292 e. The molecule has 23 heavy (non-hydrogen) atoms. The summed E-state index contributed by atoms with van der Waals surface area (Å²) in [6.45, 7) is 2.61. The van der Waals surface area contributed by atoms with E-state index in [2.05, 4.69) is 20.9 Å². The average molecular weight is 437 g/mol. The van der Waals surface area contributed by atoms with Crippen LogP contribution in [0, 0.1) is 10.1 Å². The lowest BCUT2D eigenvalue weighted by Crippen LogP contribution is -2.40. The van der Waals surface area contributed by atoms with E-state index in [4.69, 9.17) is 4.74 Å². The summed E-state index contributed by atoms with van der Waals surface area (Å²) in [5.41, 5.74) is 0.585. The number of nitrogens with zero attached hydrogens (tertiary/aromatic N) is 2. The van der Waals surface area contributed by atoms with Gasteiger partial charge in [-0.05, 0) is 12.5 Å². The maximum atomic E-state index is 10.9. The first kappa shape index (κ1) is 21.4. The largest absolute Gasteiger partial charge is 0.385 e. The second-order valence-electron chi connectivity index (χ2n) is 4.47. The van der Waals surface area contributed by atoms with Gasteiger partial charge in [0, 0.05) is 46.5 Å². The minimum atomic E-state index is -0.397. The molecule has 8 nitrogen and oxygen atoms in total. The highest BCUT2D eigenvalue weighted by atomic mass is 127. The van der Waals surface area contributed by atoms with Gasteiger partial charge in [0.15, 0.2) is 5.96 Å². The molecule has 1 rings (SSSR count). The number of guanidine groups is 1. The number of hydrogen-bond donors (Lipinski definition) is 3. The Hall–Kier alpha value is -1.62. The monoisotopic (exact) mass is 437 g/mol. The van der Waals surface area contributed by atoms with Crippen LogP contribution in [-0.2, 0) is 4.74 Å². The first-order valence-corrected chi connectivity index (χ1v) is 7.09. The van der Waals surface area contributed by atoms with Gasteiger partial charge in [-0.15, -0.1) is 24.0 Å². The van der Waals surface area contributed by atoms with Gasteiger partial charge in [0.25, 0.3) is 5.69 Å². The van der Waals surface area contributed by atoms with E-state index >= 15 is 0 Å². The lowest BCUT2D eigenvalue weighted by atomic mass is 10.2. The number of aliphatic imine (C=N–C) groups is 1. The van der Waals surface area contributed by atoms with Gasteiger partial charge in [0.1, 0.15) is 5.69 Å². The summed E-state index contributed by atoms with van der Waals surface area (Å²) < 4.78 is 4.97. The molecule has 1 aromatic carbocycles. The molecule has 1 aromatic rings. The molecule has 0 amide bonds. The molecule has 0 heterocycles. The third-order valence-electron chi connectivity index (χ3n) is 2.87. The molecule has 0 fully saturated rings. The van der Waals surface area contributed by atoms with Gasteiger partial charge in [-0.1, -0.05) is 12.1 Å². The smallest absolute Gasteiger partial charge is 0.292 e. The van der Waals surface area contributed by atoms with Crippen molar-refractivity contribution in [3.8, 4) is 0 Å². The van der Waals surface area contributed by atoms with E-state index < -0.39 is 4.92 Å². The Morgan fingerprint density at radius 1 is 1.26 bits per heavy atom. The molecule has 9 heteroatoms. The summed E-state index contributed by atoms with van der Waals surface area (Å²) in [5.74, 6) is 0.695. The molecule has 0 aliphatic carbocycles. The van der Waals surface area contributed by atoms with Crippen LogP contribution in [0.25, 0.3) is 0 Å². The number of methoxy groups -OCH3 is 1. The standard InChI is InChI=1S/C14H23N5O3.HI/c1-15-14(17-8-5-11-22-2)18-10-9-16-12-6-3-4-7-13(12)19(20)21;/h3-4,6-7,16H,5,8-11H2,1-2H3,(H2,15,17,18);1H. The summed E-state index contributed by atoms with van der Waals surface area (Å²) in [4.78, 5) is 14.6. The molecule has 0 spiro atoms. The van der Waals surface area contributed by atoms with E-state index in [0.29, 0.717) is 31.3 Å². The third kappa shape index (κ3) is 8.55. The zero-order valence-corrected chi connectivity index (χ0v) is 15.7. The van der Waals surface area contributed by atoms with Crippen molar-refractivity contribution in [2.24, 2.45) is 4.99 Å². The van der Waals surface area contributed by atoms with Crippen molar-refractivity contribution in [3.63, 3.8) is 0 Å². The highest BCUT2D eigenvalue weighted by molar-refractivity contribution is 14.0. The number of halogens is 1. The Morgan fingerprint density at radius 2 is 1.96 bits per heavy atom. The molecule has 0 aromatic heterocycles. The molecule has 0 saturated carbocycles. The zero-order valence-electron chi connectivity index (χ0n) is 13.4. The first-order chi connectivity index (χ1) is 10.7. The van der Waals surface area contributed by atoms with Crippen molar-refractivity contribution in [3.05, 3.63) is 34.4 Å². The van der Waals surface area contributed by atoms with Crippen molar-refractivity contribution in [1.29, 1.82) is 0 Å². The second-order valence-corrected chi connectivity index (χ2v) is 4.47. The van der Waals surface area contributed by atoms with Gasteiger partial charge in [-0.2, -0.15) is 0 Å². The molecule has 0 aliphatic heterocycles. The number of anilines is 1. The SMILES string of the molecule is CN=C(NCCCOC)NCCNc1ccccc1[N+](=O)[O-].I. The van der Waals surface area contributed by atoms with Crippen LogP contribution in [0.5, 0.6) is 0 Å². The molecule has 0 bridgehead atoms. The van der Waals surface area contributed by atoms with Gasteiger partial charge in [0.05, 0.1) is 4.92 Å². The Labute approximate surface area is 153 Å². The minimum Gasteiger partial charge on any atom is -0.385 e. The molecular formula is C14H24IN5O3. The number of para-hydroxylation sites is 2. The fourth-order valence-electron chi connectivity index (χ4n) is 1.80. The van der Waals surface area contributed by atoms with E-state index in [9.17, 15) is 10.1 Å². The third-order valence-corrected chi connectivity index (χ3v) is 2.87. The molecular weight excluding hydrogens is 413 g/mol. The quantitative estimate of drug-likeness (QED) is 0.136. The minimum absolute atomic E-state index is 0. The predicted molar refractivity (Wildman–Crippen MR) is 103 cm³/mol. The van der Waals surface area contributed by atoms with Gasteiger partial charge < -0.3 is 20.7 Å². The molecule has 0 saturated heterocycles. The van der Waals surface area contributed by atoms with E-state index in [0.717, 1.165) is 13.0 Å². The van der Waals surface area contributed by atoms with Crippen molar-refractivity contribution in [2.45, 2.75) is 6.42 Å². The Morgan fingerprint density at radius 3 is 2.61 bits per heavy atom. The van der Waals surface area contributed by atoms with Gasteiger partial charge in [-0.3, -0.25) is 15.1 Å². The fourth-order valence-corrected chi connectivity index (χ4v) is 1.80. The van der Waals surface area contributed by atoms with Crippen LogP contribution in [0.15, 0.2) is 29.3 Å². The van der Waals surface area contributed by atoms with E-state index in [1.165, 1.54) is 6.07 Å².